The van der Waals surface area contributed by atoms with Crippen molar-refractivity contribution in [2.24, 2.45) is 0 Å². The fraction of sp³-hybridized carbons (Fsp3) is 0.571. The van der Waals surface area contributed by atoms with Crippen LogP contribution in [0, 0.1) is 0 Å². The molecule has 0 amide bonds. The Morgan fingerprint density at radius 1 is 0.611 bits per heavy atom. The minimum Gasteiger partial charge on any atom is -0.0924 e. The third kappa shape index (κ3) is 5.26. The van der Waals surface area contributed by atoms with Crippen LogP contribution in [-0.4, -0.2) is 21.3 Å². The number of rotatable bonds is 8. The molecule has 0 saturated heterocycles. The van der Waals surface area contributed by atoms with E-state index in [1.165, 1.54) is 16.7 Å². The fourth-order valence-corrected chi connectivity index (χ4v) is 3.90. The lowest BCUT2D eigenvalue weighted by molar-refractivity contribution is 0.984. The van der Waals surface area contributed by atoms with E-state index in [1.807, 2.05) is 0 Å². The van der Waals surface area contributed by atoms with Crippen molar-refractivity contribution in [2.45, 2.75) is 25.7 Å². The first kappa shape index (κ1) is 17.2. The molecule has 0 unspecified atom stereocenters. The zero-order chi connectivity index (χ0) is 13.4. The second kappa shape index (κ2) is 9.95. The number of hydrogen-bond donors (Lipinski definition) is 0. The lowest BCUT2D eigenvalue weighted by atomic mass is 9.92. The molecule has 0 bridgehead atoms. The summed E-state index contributed by atoms with van der Waals surface area (Å²) >= 11 is 14.2. The Morgan fingerprint density at radius 3 is 1.44 bits per heavy atom. The molecule has 1 aromatic carbocycles. The maximum Gasteiger partial charge on any atom is 0.00720 e. The number of aryl methyl sites for hydroxylation is 3. The molecule has 0 aliphatic carbocycles. The molecule has 18 heavy (non-hydrogen) atoms. The van der Waals surface area contributed by atoms with Crippen LogP contribution < -0.4 is 0 Å². The Balaban J connectivity index is 3.15. The summed E-state index contributed by atoms with van der Waals surface area (Å²) in [6.45, 7) is 0. The van der Waals surface area contributed by atoms with E-state index >= 15 is 0 Å². The van der Waals surface area contributed by atoms with Crippen LogP contribution in [0.15, 0.2) is 12.1 Å². The Bertz CT molecular complexity index is 336. The first-order valence-electron chi connectivity index (χ1n) is 6.14. The maximum atomic E-state index is 3.57. The zero-order valence-corrected chi connectivity index (χ0v) is 16.7. The van der Waals surface area contributed by atoms with Crippen molar-refractivity contribution in [2.75, 3.05) is 21.3 Å². The molecule has 1 rings (SSSR count). The molecule has 0 saturated carbocycles. The van der Waals surface area contributed by atoms with E-state index in [1.54, 1.807) is 5.56 Å². The molecule has 102 valence electrons. The molecule has 0 aromatic heterocycles. The molecule has 0 heterocycles. The molecule has 1 aromatic rings. The summed E-state index contributed by atoms with van der Waals surface area (Å²) in [5.41, 5.74) is 6.03. The van der Waals surface area contributed by atoms with E-state index in [4.69, 9.17) is 0 Å². The molecule has 0 N–H and O–H groups in total. The van der Waals surface area contributed by atoms with Gasteiger partial charge in [0, 0.05) is 21.3 Å². The van der Waals surface area contributed by atoms with E-state index in [-0.39, 0.29) is 0 Å². The van der Waals surface area contributed by atoms with E-state index < -0.39 is 0 Å². The normalized spacial score (nSPS) is 10.9. The second-order valence-corrected chi connectivity index (χ2v) is 7.32. The molecular formula is C14H18Br4. The quantitative estimate of drug-likeness (QED) is 0.413. The first-order chi connectivity index (χ1) is 8.76. The summed E-state index contributed by atoms with van der Waals surface area (Å²) in [7, 11) is 0. The van der Waals surface area contributed by atoms with Crippen LogP contribution in [0.4, 0.5) is 0 Å². The Kier molecular flexibility index (Phi) is 9.51. The average molecular weight is 506 g/mol. The smallest absolute Gasteiger partial charge is 0.00720 e. The molecule has 4 heteroatoms. The predicted molar refractivity (Wildman–Crippen MR) is 96.4 cm³/mol. The van der Waals surface area contributed by atoms with Crippen LogP contribution in [0.25, 0.3) is 0 Å². The van der Waals surface area contributed by atoms with Crippen LogP contribution in [0.5, 0.6) is 0 Å². The topological polar surface area (TPSA) is 0 Å². The molecular weight excluding hydrogens is 488 g/mol. The number of hydrogen-bond acceptors (Lipinski definition) is 0. The summed E-state index contributed by atoms with van der Waals surface area (Å²) in [6, 6.07) is 4.77. The van der Waals surface area contributed by atoms with Crippen molar-refractivity contribution < 1.29 is 0 Å². The minimum absolute atomic E-state index is 1.03. The highest BCUT2D eigenvalue weighted by Gasteiger charge is 2.10. The third-order valence-electron chi connectivity index (χ3n) is 2.95. The Hall–Kier alpha value is 1.14. The SMILES string of the molecule is BrCCc1cc(CCBr)c(CCBr)c(CCBr)c1. The molecule has 0 atom stereocenters. The largest absolute Gasteiger partial charge is 0.0924 e. The molecule has 0 spiro atoms. The van der Waals surface area contributed by atoms with Crippen LogP contribution >= 0.6 is 63.7 Å². The number of halogens is 4. The maximum absolute atomic E-state index is 3.57. The summed E-state index contributed by atoms with van der Waals surface area (Å²) < 4.78 is 0. The van der Waals surface area contributed by atoms with Gasteiger partial charge < -0.3 is 0 Å². The highest BCUT2D eigenvalue weighted by Crippen LogP contribution is 2.22. The van der Waals surface area contributed by atoms with E-state index in [0.29, 0.717) is 0 Å². The van der Waals surface area contributed by atoms with Gasteiger partial charge in [0.15, 0.2) is 0 Å². The lowest BCUT2D eigenvalue weighted by Gasteiger charge is -2.16. The average Bonchev–Trinajstić information content (AvgIpc) is 2.34. The molecule has 0 nitrogen and oxygen atoms in total. The van der Waals surface area contributed by atoms with Crippen molar-refractivity contribution in [1.29, 1.82) is 0 Å². The molecule has 0 aliphatic heterocycles. The lowest BCUT2D eigenvalue weighted by Crippen LogP contribution is -2.05. The Morgan fingerprint density at radius 2 is 1.06 bits per heavy atom. The monoisotopic (exact) mass is 502 g/mol. The first-order valence-corrected chi connectivity index (χ1v) is 10.6. The highest BCUT2D eigenvalue weighted by molar-refractivity contribution is 9.09. The van der Waals surface area contributed by atoms with Gasteiger partial charge in [-0.2, -0.15) is 0 Å². The fourth-order valence-electron chi connectivity index (χ4n) is 2.19. The zero-order valence-electron chi connectivity index (χ0n) is 10.3. The van der Waals surface area contributed by atoms with E-state index in [0.717, 1.165) is 47.0 Å². The van der Waals surface area contributed by atoms with Crippen LogP contribution in [0.3, 0.4) is 0 Å². The summed E-state index contributed by atoms with van der Waals surface area (Å²) in [5.74, 6) is 0. The van der Waals surface area contributed by atoms with Gasteiger partial charge in [-0.1, -0.05) is 75.9 Å². The van der Waals surface area contributed by atoms with Gasteiger partial charge in [0.2, 0.25) is 0 Å². The van der Waals surface area contributed by atoms with Gasteiger partial charge in [-0.25, -0.2) is 0 Å². The second-order valence-electron chi connectivity index (χ2n) is 4.15. The van der Waals surface area contributed by atoms with Gasteiger partial charge in [0.25, 0.3) is 0 Å². The summed E-state index contributed by atoms with van der Waals surface area (Å²) in [6.07, 6.45) is 4.47. The molecule has 0 fully saturated rings. The number of benzene rings is 1. The van der Waals surface area contributed by atoms with Gasteiger partial charge in [-0.05, 0) is 47.9 Å². The standard InChI is InChI=1S/C14H18Br4/c15-5-1-11-9-12(2-6-16)14(4-8-18)13(10-11)3-7-17/h9-10H,1-8H2. The van der Waals surface area contributed by atoms with Gasteiger partial charge in [-0.3, -0.25) is 0 Å². The molecule has 0 aliphatic rings. The predicted octanol–water partition coefficient (Wildman–Crippen LogP) is 5.44. The minimum atomic E-state index is 1.03. The number of alkyl halides is 4. The van der Waals surface area contributed by atoms with Gasteiger partial charge in [0.1, 0.15) is 0 Å². The molecule has 0 radical (unpaired) electrons. The van der Waals surface area contributed by atoms with E-state index in [2.05, 4.69) is 75.9 Å². The van der Waals surface area contributed by atoms with Crippen molar-refractivity contribution in [3.05, 3.63) is 34.4 Å². The summed E-state index contributed by atoms with van der Waals surface area (Å²) in [5, 5.41) is 4.14. The summed E-state index contributed by atoms with van der Waals surface area (Å²) in [4.78, 5) is 0. The highest BCUT2D eigenvalue weighted by atomic mass is 79.9. The third-order valence-corrected chi connectivity index (χ3v) is 4.54. The van der Waals surface area contributed by atoms with Crippen molar-refractivity contribution in [3.63, 3.8) is 0 Å². The van der Waals surface area contributed by atoms with Crippen LogP contribution in [0.1, 0.15) is 22.3 Å². The van der Waals surface area contributed by atoms with Gasteiger partial charge >= 0.3 is 0 Å². The van der Waals surface area contributed by atoms with Crippen LogP contribution in [-0.2, 0) is 25.7 Å². The van der Waals surface area contributed by atoms with Crippen molar-refractivity contribution in [3.8, 4) is 0 Å². The van der Waals surface area contributed by atoms with Gasteiger partial charge in [0.05, 0.1) is 0 Å². The van der Waals surface area contributed by atoms with Crippen LogP contribution in [0.2, 0.25) is 0 Å². The van der Waals surface area contributed by atoms with Crippen molar-refractivity contribution >= 4 is 63.7 Å². The van der Waals surface area contributed by atoms with E-state index in [9.17, 15) is 0 Å². The Labute approximate surface area is 144 Å². The van der Waals surface area contributed by atoms with Crippen molar-refractivity contribution in [1.82, 2.24) is 0 Å². The van der Waals surface area contributed by atoms with Gasteiger partial charge in [-0.15, -0.1) is 0 Å².